The second-order valence-electron chi connectivity index (χ2n) is 5.85. The lowest BCUT2D eigenvalue weighted by molar-refractivity contribution is 0.730. The Hall–Kier alpha value is -1.90. The Kier molecular flexibility index (Phi) is 2.47. The Bertz CT molecular complexity index is 1060. The van der Waals surface area contributed by atoms with Crippen molar-refractivity contribution in [2.45, 2.75) is 13.0 Å². The summed E-state index contributed by atoms with van der Waals surface area (Å²) in [5, 5.41) is 4.05. The molecule has 3 heterocycles. The largest absolute Gasteiger partial charge is 0.357 e. The lowest BCUT2D eigenvalue weighted by Gasteiger charge is -2.17. The van der Waals surface area contributed by atoms with Crippen molar-refractivity contribution in [1.29, 1.82) is 0 Å². The van der Waals surface area contributed by atoms with Crippen LogP contribution in [0.4, 0.5) is 0 Å². The summed E-state index contributed by atoms with van der Waals surface area (Å²) in [5.74, 6) is 0. The van der Waals surface area contributed by atoms with Gasteiger partial charge in [-0.1, -0.05) is 41.4 Å². The number of hydrogen-bond acceptors (Lipinski definition) is 0. The fourth-order valence-corrected chi connectivity index (χ4v) is 4.08. The van der Waals surface area contributed by atoms with Gasteiger partial charge in [-0.2, -0.15) is 0 Å². The highest BCUT2D eigenvalue weighted by Gasteiger charge is 2.22. The van der Waals surface area contributed by atoms with Crippen LogP contribution < -0.4 is 0 Å². The molecule has 22 heavy (non-hydrogen) atoms. The van der Waals surface area contributed by atoms with Crippen LogP contribution in [0.5, 0.6) is 0 Å². The molecule has 2 aromatic carbocycles. The Morgan fingerprint density at radius 2 is 1.95 bits per heavy atom. The van der Waals surface area contributed by atoms with Crippen LogP contribution in [0.1, 0.15) is 17.0 Å². The van der Waals surface area contributed by atoms with Gasteiger partial charge in [0.15, 0.2) is 0 Å². The van der Waals surface area contributed by atoms with Crippen molar-refractivity contribution in [3.63, 3.8) is 0 Å². The zero-order valence-corrected chi connectivity index (χ0v) is 13.2. The Labute approximate surface area is 137 Å². The molecular weight excluding hydrogens is 315 g/mol. The number of halogens is 2. The molecule has 1 aliphatic rings. The molecule has 0 fully saturated rings. The minimum Gasteiger partial charge on any atom is -0.357 e. The number of rotatable bonds is 0. The molecule has 0 unspecified atom stereocenters. The van der Waals surface area contributed by atoms with E-state index in [1.807, 2.05) is 24.3 Å². The predicted octanol–water partition coefficient (Wildman–Crippen LogP) is 5.38. The quantitative estimate of drug-likeness (QED) is 0.394. The van der Waals surface area contributed by atoms with Crippen LogP contribution in [0.25, 0.3) is 21.8 Å². The number of hydrogen-bond donors (Lipinski definition) is 1. The molecule has 4 aromatic rings. The van der Waals surface area contributed by atoms with E-state index in [9.17, 15) is 0 Å². The lowest BCUT2D eigenvalue weighted by atomic mass is 10.0. The number of aromatic nitrogens is 2. The maximum atomic E-state index is 6.41. The summed E-state index contributed by atoms with van der Waals surface area (Å²) in [5.41, 5.74) is 6.17. The van der Waals surface area contributed by atoms with Gasteiger partial charge < -0.3 is 9.55 Å². The zero-order chi connectivity index (χ0) is 14.8. The Balaban J connectivity index is 1.77. The molecule has 1 aliphatic heterocycles. The zero-order valence-electron chi connectivity index (χ0n) is 11.7. The standard InChI is InChI=1S/C18H12Cl2N2/c19-11-4-5-13-14-8-12-6-10-2-1-3-15(20)18(10)22(12)9-17(14)21-16(13)7-11/h1-7,21H,8-9H2. The highest BCUT2D eigenvalue weighted by atomic mass is 35.5. The van der Waals surface area contributed by atoms with Gasteiger partial charge in [-0.25, -0.2) is 0 Å². The smallest absolute Gasteiger partial charge is 0.0675 e. The number of fused-ring (bicyclic) bond motifs is 6. The van der Waals surface area contributed by atoms with E-state index in [1.54, 1.807) is 0 Å². The SMILES string of the molecule is Clc1ccc2c3c([nH]c2c1)Cn1c(cc2cccc(Cl)c21)C3. The minimum atomic E-state index is 0.763. The van der Waals surface area contributed by atoms with Gasteiger partial charge in [-0.15, -0.1) is 0 Å². The maximum absolute atomic E-state index is 6.41. The molecule has 0 spiro atoms. The second-order valence-corrected chi connectivity index (χ2v) is 6.69. The van der Waals surface area contributed by atoms with E-state index in [1.165, 1.54) is 27.7 Å². The molecule has 0 aliphatic carbocycles. The van der Waals surface area contributed by atoms with Crippen LogP contribution >= 0.6 is 23.2 Å². The highest BCUT2D eigenvalue weighted by Crippen LogP contribution is 2.36. The summed E-state index contributed by atoms with van der Waals surface area (Å²) < 4.78 is 2.32. The molecule has 0 amide bonds. The molecular formula is C18H12Cl2N2. The molecule has 0 radical (unpaired) electrons. The van der Waals surface area contributed by atoms with Gasteiger partial charge in [0.05, 0.1) is 17.1 Å². The van der Waals surface area contributed by atoms with Crippen molar-refractivity contribution in [2.75, 3.05) is 0 Å². The predicted molar refractivity (Wildman–Crippen MR) is 92.2 cm³/mol. The Morgan fingerprint density at radius 1 is 1.05 bits per heavy atom. The summed E-state index contributed by atoms with van der Waals surface area (Å²) in [6.45, 7) is 0.824. The molecule has 2 aromatic heterocycles. The molecule has 4 heteroatoms. The van der Waals surface area contributed by atoms with Crippen molar-refractivity contribution in [2.24, 2.45) is 0 Å². The number of benzene rings is 2. The third kappa shape index (κ3) is 1.62. The molecule has 108 valence electrons. The summed E-state index contributed by atoms with van der Waals surface area (Å²) in [6, 6.07) is 14.4. The van der Waals surface area contributed by atoms with Gasteiger partial charge in [0.2, 0.25) is 0 Å². The first-order valence-corrected chi connectivity index (χ1v) is 8.02. The summed E-state index contributed by atoms with van der Waals surface area (Å²) in [7, 11) is 0. The number of aromatic amines is 1. The van der Waals surface area contributed by atoms with Crippen molar-refractivity contribution in [3.05, 3.63) is 69.5 Å². The maximum Gasteiger partial charge on any atom is 0.0675 e. The third-order valence-electron chi connectivity index (χ3n) is 4.59. The first-order valence-electron chi connectivity index (χ1n) is 7.26. The lowest BCUT2D eigenvalue weighted by Crippen LogP contribution is -2.12. The number of para-hydroxylation sites is 1. The fourth-order valence-electron chi connectivity index (χ4n) is 3.62. The van der Waals surface area contributed by atoms with Crippen LogP contribution in [0.15, 0.2) is 42.5 Å². The molecule has 0 saturated carbocycles. The van der Waals surface area contributed by atoms with Crippen LogP contribution in [-0.2, 0) is 13.0 Å². The van der Waals surface area contributed by atoms with E-state index in [4.69, 9.17) is 23.2 Å². The molecule has 1 N–H and O–H groups in total. The van der Waals surface area contributed by atoms with Crippen molar-refractivity contribution < 1.29 is 0 Å². The van der Waals surface area contributed by atoms with Crippen molar-refractivity contribution in [3.8, 4) is 0 Å². The number of H-pyrrole nitrogens is 1. The van der Waals surface area contributed by atoms with E-state index in [0.29, 0.717) is 0 Å². The molecule has 0 bridgehead atoms. The average molecular weight is 327 g/mol. The van der Waals surface area contributed by atoms with Crippen LogP contribution in [-0.4, -0.2) is 9.55 Å². The van der Waals surface area contributed by atoms with E-state index in [2.05, 4.69) is 27.8 Å². The minimum absolute atomic E-state index is 0.763. The van der Waals surface area contributed by atoms with Crippen LogP contribution in [0.2, 0.25) is 10.0 Å². The van der Waals surface area contributed by atoms with Gasteiger partial charge in [-0.05, 0) is 29.8 Å². The summed E-state index contributed by atoms with van der Waals surface area (Å²) in [4.78, 5) is 3.52. The second kappa shape index (κ2) is 4.31. The third-order valence-corrected chi connectivity index (χ3v) is 5.13. The molecule has 0 atom stereocenters. The first kappa shape index (κ1) is 12.6. The van der Waals surface area contributed by atoms with E-state index < -0.39 is 0 Å². The molecule has 0 saturated heterocycles. The number of nitrogens with zero attached hydrogens (tertiary/aromatic N) is 1. The van der Waals surface area contributed by atoms with Crippen LogP contribution in [0.3, 0.4) is 0 Å². The Morgan fingerprint density at radius 3 is 2.86 bits per heavy atom. The van der Waals surface area contributed by atoms with Gasteiger partial charge in [0, 0.05) is 39.1 Å². The summed E-state index contributed by atoms with van der Waals surface area (Å²) >= 11 is 12.5. The normalized spacial score (nSPS) is 13.5. The fraction of sp³-hybridized carbons (Fsp3) is 0.111. The van der Waals surface area contributed by atoms with Gasteiger partial charge in [-0.3, -0.25) is 0 Å². The average Bonchev–Trinajstić information content (AvgIpc) is 3.02. The van der Waals surface area contributed by atoms with E-state index >= 15 is 0 Å². The van der Waals surface area contributed by atoms with Gasteiger partial charge in [0.25, 0.3) is 0 Å². The van der Waals surface area contributed by atoms with Crippen molar-refractivity contribution in [1.82, 2.24) is 9.55 Å². The monoisotopic (exact) mass is 326 g/mol. The topological polar surface area (TPSA) is 20.7 Å². The van der Waals surface area contributed by atoms with E-state index in [-0.39, 0.29) is 0 Å². The first-order chi connectivity index (χ1) is 10.7. The molecule has 5 rings (SSSR count). The van der Waals surface area contributed by atoms with Crippen LogP contribution in [0, 0.1) is 0 Å². The number of nitrogens with one attached hydrogen (secondary N) is 1. The highest BCUT2D eigenvalue weighted by molar-refractivity contribution is 6.35. The van der Waals surface area contributed by atoms with Gasteiger partial charge >= 0.3 is 0 Å². The molecule has 2 nitrogen and oxygen atoms in total. The van der Waals surface area contributed by atoms with Gasteiger partial charge in [0.1, 0.15) is 0 Å². The summed E-state index contributed by atoms with van der Waals surface area (Å²) in [6.07, 6.45) is 0.919. The van der Waals surface area contributed by atoms with Crippen molar-refractivity contribution >= 4 is 45.0 Å². The van der Waals surface area contributed by atoms with E-state index in [0.717, 1.165) is 34.0 Å².